The van der Waals surface area contributed by atoms with Gasteiger partial charge in [-0.1, -0.05) is 91.0 Å². The zero-order chi connectivity index (χ0) is 14.5. The van der Waals surface area contributed by atoms with E-state index >= 15 is 0 Å². The van der Waals surface area contributed by atoms with Crippen LogP contribution >= 0.6 is 7.92 Å². The van der Waals surface area contributed by atoms with Crippen molar-refractivity contribution in [3.63, 3.8) is 0 Å². The summed E-state index contributed by atoms with van der Waals surface area (Å²) in [6.45, 7) is 0. The molecule has 0 aromatic heterocycles. The predicted molar refractivity (Wildman–Crippen MR) is 93.5 cm³/mol. The van der Waals surface area contributed by atoms with E-state index in [9.17, 15) is 4.79 Å². The van der Waals surface area contributed by atoms with Gasteiger partial charge in [-0.05, 0) is 10.6 Å². The van der Waals surface area contributed by atoms with Gasteiger partial charge in [0.1, 0.15) is 0 Å². The maximum atomic E-state index is 13.0. The van der Waals surface area contributed by atoms with Crippen molar-refractivity contribution in [2.75, 3.05) is 0 Å². The molecule has 0 aliphatic heterocycles. The van der Waals surface area contributed by atoms with Gasteiger partial charge in [0.15, 0.2) is 5.52 Å². The number of carbonyl (C=O) groups excluding carboxylic acids is 1. The van der Waals surface area contributed by atoms with E-state index in [-0.39, 0.29) is 11.0 Å². The molecule has 3 heteroatoms. The zero-order valence-electron chi connectivity index (χ0n) is 12.0. The Morgan fingerprint density at radius 3 is 1.36 bits per heavy atom. The zero-order valence-corrected chi connectivity index (χ0v) is 12.9. The molecule has 3 rings (SSSR count). The predicted octanol–water partition coefficient (Wildman–Crippen LogP) is 3.14. The largest absolute Gasteiger partial charge is 0.412 e. The normalized spacial score (nSPS) is 10.0. The third-order valence-electron chi connectivity index (χ3n) is 3.25. The van der Waals surface area contributed by atoms with Crippen LogP contribution in [0.2, 0.25) is 0 Å². The number of carbonyl (C=O) groups is 1. The van der Waals surface area contributed by atoms with Crippen molar-refractivity contribution in [1.82, 2.24) is 0 Å². The lowest BCUT2D eigenvalue weighted by molar-refractivity contribution is 0.108. The highest BCUT2D eigenvalue weighted by atomic mass is 31.1. The van der Waals surface area contributed by atoms with Gasteiger partial charge in [0.25, 0.3) is 0 Å². The summed E-state index contributed by atoms with van der Waals surface area (Å²) in [7, 11) is -1.03. The van der Waals surface area contributed by atoms with Crippen LogP contribution in [0.1, 0.15) is 10.4 Å². The number of rotatable bonds is 4. The fraction of sp³-hybridized carbons (Fsp3) is 0. The van der Waals surface area contributed by atoms with Crippen molar-refractivity contribution in [2.24, 2.45) is 0 Å². The lowest BCUT2D eigenvalue weighted by Gasteiger charge is -2.17. The smallest absolute Gasteiger partial charge is 0.193 e. The lowest BCUT2D eigenvalue weighted by atomic mass is 10.2. The quantitative estimate of drug-likeness (QED) is 0.683. The Kier molecular flexibility index (Phi) is 5.60. The van der Waals surface area contributed by atoms with Gasteiger partial charge in [-0.3, -0.25) is 4.79 Å². The van der Waals surface area contributed by atoms with Crippen LogP contribution in [0.4, 0.5) is 0 Å². The van der Waals surface area contributed by atoms with Crippen LogP contribution in [0, 0.1) is 0 Å². The van der Waals surface area contributed by atoms with Crippen LogP contribution in [0.25, 0.3) is 0 Å². The molecule has 2 nitrogen and oxygen atoms in total. The number of hydrogen-bond donors (Lipinski definition) is 0. The summed E-state index contributed by atoms with van der Waals surface area (Å²) in [5, 5.41) is 2.18. The van der Waals surface area contributed by atoms with Gasteiger partial charge in [-0.15, -0.1) is 0 Å². The molecule has 0 heterocycles. The molecule has 3 aromatic rings. The monoisotopic (exact) mass is 308 g/mol. The van der Waals surface area contributed by atoms with Crippen LogP contribution in [-0.2, 0) is 0 Å². The Balaban J connectivity index is 0.00000176. The Hall–Kier alpha value is -2.28. The van der Waals surface area contributed by atoms with E-state index < -0.39 is 7.92 Å². The molecule has 0 aliphatic carbocycles. The van der Waals surface area contributed by atoms with Gasteiger partial charge < -0.3 is 5.48 Å². The molecule has 0 radical (unpaired) electrons. The second-order valence-corrected chi connectivity index (χ2v) is 6.79. The summed E-state index contributed by atoms with van der Waals surface area (Å²) in [6.07, 6.45) is 0. The summed E-state index contributed by atoms with van der Waals surface area (Å²) in [5.74, 6) is 0. The first-order chi connectivity index (χ1) is 10.4. The molecule has 110 valence electrons. The molecule has 0 bridgehead atoms. The molecule has 2 N–H and O–H groups in total. The van der Waals surface area contributed by atoms with E-state index in [4.69, 9.17) is 0 Å². The average molecular weight is 308 g/mol. The molecule has 22 heavy (non-hydrogen) atoms. The minimum absolute atomic E-state index is 0. The van der Waals surface area contributed by atoms with Gasteiger partial charge in [-0.25, -0.2) is 0 Å². The Labute approximate surface area is 131 Å². The van der Waals surface area contributed by atoms with Crippen molar-refractivity contribution in [1.29, 1.82) is 0 Å². The van der Waals surface area contributed by atoms with Gasteiger partial charge >= 0.3 is 0 Å². The van der Waals surface area contributed by atoms with Crippen LogP contribution in [0.3, 0.4) is 0 Å². The summed E-state index contributed by atoms with van der Waals surface area (Å²) in [6, 6.07) is 29.6. The van der Waals surface area contributed by atoms with Crippen LogP contribution in [0.15, 0.2) is 91.0 Å². The fourth-order valence-electron chi connectivity index (χ4n) is 2.25. The van der Waals surface area contributed by atoms with E-state index in [0.717, 1.165) is 16.2 Å². The Morgan fingerprint density at radius 2 is 0.955 bits per heavy atom. The SMILES string of the molecule is O.O=C(c1ccccc1)P(c1ccccc1)c1ccccc1. The van der Waals surface area contributed by atoms with Crippen molar-refractivity contribution in [2.45, 2.75) is 0 Å². The molecule has 0 spiro atoms. The van der Waals surface area contributed by atoms with E-state index in [1.165, 1.54) is 0 Å². The maximum absolute atomic E-state index is 13.0. The van der Waals surface area contributed by atoms with E-state index in [1.807, 2.05) is 91.0 Å². The summed E-state index contributed by atoms with van der Waals surface area (Å²) in [5.41, 5.74) is 0.972. The van der Waals surface area contributed by atoms with E-state index in [2.05, 4.69) is 0 Å². The highest BCUT2D eigenvalue weighted by molar-refractivity contribution is 7.88. The molecule has 0 aliphatic rings. The molecule has 3 aromatic carbocycles. The molecule has 0 unspecified atom stereocenters. The molecule has 0 atom stereocenters. The third-order valence-corrected chi connectivity index (χ3v) is 5.55. The van der Waals surface area contributed by atoms with Gasteiger partial charge in [0, 0.05) is 13.5 Å². The first-order valence-corrected chi connectivity index (χ1v) is 8.20. The second kappa shape index (κ2) is 7.65. The minimum atomic E-state index is -1.03. The molecule has 0 fully saturated rings. The Bertz CT molecular complexity index is 673. The first-order valence-electron chi connectivity index (χ1n) is 6.86. The molecular formula is C19H17O2P. The van der Waals surface area contributed by atoms with Gasteiger partial charge in [0.2, 0.25) is 0 Å². The third kappa shape index (κ3) is 3.48. The standard InChI is InChI=1S/C19H15OP.H2O/c20-19(16-10-4-1-5-11-16)21(17-12-6-2-7-13-17)18-14-8-3-9-15-18;/h1-15H;1H2. The average Bonchev–Trinajstić information content (AvgIpc) is 2.58. The minimum Gasteiger partial charge on any atom is -0.412 e. The van der Waals surface area contributed by atoms with Crippen molar-refractivity contribution in [3.8, 4) is 0 Å². The summed E-state index contributed by atoms with van der Waals surface area (Å²) in [4.78, 5) is 13.0. The van der Waals surface area contributed by atoms with Crippen LogP contribution < -0.4 is 10.6 Å². The van der Waals surface area contributed by atoms with Gasteiger partial charge in [0.05, 0.1) is 0 Å². The van der Waals surface area contributed by atoms with Crippen molar-refractivity contribution >= 4 is 24.1 Å². The topological polar surface area (TPSA) is 48.6 Å². The highest BCUT2D eigenvalue weighted by Crippen LogP contribution is 2.37. The molecule has 0 amide bonds. The summed E-state index contributed by atoms with van der Waals surface area (Å²) < 4.78 is 0. The molecular weight excluding hydrogens is 291 g/mol. The lowest BCUT2D eigenvalue weighted by Crippen LogP contribution is -2.18. The van der Waals surface area contributed by atoms with Crippen LogP contribution in [-0.4, -0.2) is 11.0 Å². The maximum Gasteiger partial charge on any atom is 0.193 e. The van der Waals surface area contributed by atoms with Gasteiger partial charge in [-0.2, -0.15) is 0 Å². The highest BCUT2D eigenvalue weighted by Gasteiger charge is 2.23. The molecule has 0 saturated carbocycles. The molecule has 0 saturated heterocycles. The van der Waals surface area contributed by atoms with Crippen LogP contribution in [0.5, 0.6) is 0 Å². The number of hydrogen-bond acceptors (Lipinski definition) is 1. The second-order valence-electron chi connectivity index (χ2n) is 4.68. The van der Waals surface area contributed by atoms with E-state index in [0.29, 0.717) is 0 Å². The van der Waals surface area contributed by atoms with E-state index in [1.54, 1.807) is 0 Å². The summed E-state index contributed by atoms with van der Waals surface area (Å²) >= 11 is 0. The van der Waals surface area contributed by atoms with Crippen molar-refractivity contribution < 1.29 is 10.3 Å². The number of benzene rings is 3. The first kappa shape index (κ1) is 16.1. The Morgan fingerprint density at radius 1 is 0.591 bits per heavy atom. The van der Waals surface area contributed by atoms with Crippen molar-refractivity contribution in [3.05, 3.63) is 96.6 Å². The fourth-order valence-corrected chi connectivity index (χ4v) is 4.36.